The Hall–Kier alpha value is -4.02. The molecule has 2 N–H and O–H groups in total. The fourth-order valence-electron chi connectivity index (χ4n) is 5.91. The molecule has 2 aromatic rings. The van der Waals surface area contributed by atoms with E-state index in [1.807, 2.05) is 12.1 Å². The summed E-state index contributed by atoms with van der Waals surface area (Å²) in [5.74, 6) is 1.08. The van der Waals surface area contributed by atoms with Gasteiger partial charge in [-0.15, -0.1) is 0 Å². The topological polar surface area (TPSA) is 114 Å². The first-order valence-electron chi connectivity index (χ1n) is 16.5. The molecule has 1 amide bonds. The van der Waals surface area contributed by atoms with Gasteiger partial charge in [0.25, 0.3) is 5.91 Å². The zero-order valence-corrected chi connectivity index (χ0v) is 28.8. The van der Waals surface area contributed by atoms with Gasteiger partial charge in [-0.2, -0.15) is 18.4 Å². The minimum absolute atomic E-state index is 0.119. The Morgan fingerprint density at radius 1 is 1.25 bits per heavy atom. The van der Waals surface area contributed by atoms with Crippen molar-refractivity contribution in [3.8, 4) is 17.3 Å². The summed E-state index contributed by atoms with van der Waals surface area (Å²) in [4.78, 5) is 38.6. The number of anilines is 1. The zero-order valence-electron chi connectivity index (χ0n) is 27.9. The van der Waals surface area contributed by atoms with Crippen molar-refractivity contribution in [1.29, 1.82) is 5.26 Å². The Morgan fingerprint density at radius 3 is 2.69 bits per heavy atom. The van der Waals surface area contributed by atoms with E-state index in [2.05, 4.69) is 58.1 Å². The highest BCUT2D eigenvalue weighted by Gasteiger charge is 2.32. The van der Waals surface area contributed by atoms with Crippen LogP contribution >= 0.6 is 11.3 Å². The van der Waals surface area contributed by atoms with Crippen molar-refractivity contribution >= 4 is 34.5 Å². The number of likely N-dealkylation sites (tertiary alicyclic amines) is 1. The molecule has 1 aromatic heterocycles. The van der Waals surface area contributed by atoms with E-state index in [1.165, 1.54) is 23.6 Å². The summed E-state index contributed by atoms with van der Waals surface area (Å²) < 4.78 is 41.2. The van der Waals surface area contributed by atoms with Gasteiger partial charge in [0, 0.05) is 48.7 Å². The molecule has 3 atom stereocenters. The molecule has 258 valence electrons. The molecule has 48 heavy (non-hydrogen) atoms. The van der Waals surface area contributed by atoms with E-state index in [9.17, 15) is 28.0 Å². The number of carbonyl (C=O) groups excluding carboxylic acids is 2. The van der Waals surface area contributed by atoms with E-state index in [0.717, 1.165) is 76.0 Å². The van der Waals surface area contributed by atoms with E-state index in [-0.39, 0.29) is 22.0 Å². The van der Waals surface area contributed by atoms with Crippen LogP contribution in [0.5, 0.6) is 0 Å². The monoisotopic (exact) mass is 683 g/mol. The Balaban J connectivity index is 1.56. The molecule has 0 radical (unpaired) electrons. The summed E-state index contributed by atoms with van der Waals surface area (Å²) in [5.41, 5.74) is -0.378. The molecule has 0 saturated carbocycles. The number of hydrogen-bond acceptors (Lipinski definition) is 9. The Morgan fingerprint density at radius 2 is 2.02 bits per heavy atom. The van der Waals surface area contributed by atoms with Gasteiger partial charge in [0.1, 0.15) is 17.8 Å². The average Bonchev–Trinajstić information content (AvgIpc) is 3.56. The molecule has 1 fully saturated rings. The van der Waals surface area contributed by atoms with Gasteiger partial charge in [-0.3, -0.25) is 15.0 Å². The molecule has 0 aliphatic carbocycles. The van der Waals surface area contributed by atoms with Crippen LogP contribution in [0.25, 0.3) is 11.3 Å². The van der Waals surface area contributed by atoms with Gasteiger partial charge in [0.05, 0.1) is 29.1 Å². The van der Waals surface area contributed by atoms with Gasteiger partial charge in [0.2, 0.25) is 0 Å². The number of rotatable bonds is 14. The number of aromatic nitrogens is 1. The predicted octanol–water partition coefficient (Wildman–Crippen LogP) is 7.33. The Bertz CT molecular complexity index is 1580. The van der Waals surface area contributed by atoms with Crippen LogP contribution in [0.1, 0.15) is 82.2 Å². The van der Waals surface area contributed by atoms with E-state index in [0.29, 0.717) is 41.4 Å². The second-order valence-electron chi connectivity index (χ2n) is 12.6. The fraction of sp³-hybridized carbons (Fsp3) is 0.514. The third-order valence-electron chi connectivity index (χ3n) is 9.04. The quantitative estimate of drug-likeness (QED) is 0.201. The number of carbonyl (C=O) groups is 2. The number of benzene rings is 1. The lowest BCUT2D eigenvalue weighted by molar-refractivity contribution is -0.137. The van der Waals surface area contributed by atoms with Crippen molar-refractivity contribution in [2.75, 3.05) is 25.0 Å². The summed E-state index contributed by atoms with van der Waals surface area (Å²) in [6, 6.07) is 5.36. The first-order valence-corrected chi connectivity index (χ1v) is 17.3. The van der Waals surface area contributed by atoms with Gasteiger partial charge in [-0.05, 0) is 81.7 Å². The molecule has 4 rings (SSSR count). The molecule has 3 heterocycles. The van der Waals surface area contributed by atoms with Gasteiger partial charge in [0.15, 0.2) is 5.13 Å². The van der Waals surface area contributed by atoms with Crippen LogP contribution in [0.4, 0.5) is 18.3 Å². The van der Waals surface area contributed by atoms with Crippen molar-refractivity contribution in [1.82, 2.24) is 20.1 Å². The van der Waals surface area contributed by atoms with Crippen molar-refractivity contribution in [3.05, 3.63) is 58.4 Å². The molecule has 3 unspecified atom stereocenters. The Kier molecular flexibility index (Phi) is 12.9. The maximum Gasteiger partial charge on any atom is 0.416 e. The second kappa shape index (κ2) is 16.9. The number of alkyl halides is 3. The van der Waals surface area contributed by atoms with Gasteiger partial charge < -0.3 is 15.0 Å². The Labute approximate surface area is 284 Å². The highest BCUT2D eigenvalue weighted by atomic mass is 32.1. The number of halogens is 3. The average molecular weight is 684 g/mol. The maximum atomic E-state index is 13.7. The van der Waals surface area contributed by atoms with Crippen LogP contribution in [0.2, 0.25) is 0 Å². The highest BCUT2D eigenvalue weighted by Crippen LogP contribution is 2.38. The number of aliphatic imine (C=N–C) groups is 1. The highest BCUT2D eigenvalue weighted by molar-refractivity contribution is 7.16. The first-order chi connectivity index (χ1) is 22.9. The molecule has 1 saturated heterocycles. The molecular formula is C35H44F3N7O2S. The fourth-order valence-corrected chi connectivity index (χ4v) is 6.91. The number of amides is 1. The second-order valence-corrected chi connectivity index (χ2v) is 13.7. The van der Waals surface area contributed by atoms with E-state index >= 15 is 0 Å². The maximum absolute atomic E-state index is 13.7. The normalized spacial score (nSPS) is 17.8. The van der Waals surface area contributed by atoms with E-state index < -0.39 is 17.6 Å². The first kappa shape index (κ1) is 36.8. The predicted molar refractivity (Wildman–Crippen MR) is 183 cm³/mol. The minimum atomic E-state index is -4.64. The van der Waals surface area contributed by atoms with Crippen molar-refractivity contribution in [2.45, 2.75) is 85.0 Å². The van der Waals surface area contributed by atoms with Crippen molar-refractivity contribution in [3.63, 3.8) is 0 Å². The number of amidine groups is 1. The van der Waals surface area contributed by atoms with Crippen LogP contribution in [-0.2, 0) is 22.3 Å². The van der Waals surface area contributed by atoms with Crippen molar-refractivity contribution in [2.24, 2.45) is 16.8 Å². The lowest BCUT2D eigenvalue weighted by Crippen LogP contribution is -2.32. The van der Waals surface area contributed by atoms with Gasteiger partial charge >= 0.3 is 6.18 Å². The molecule has 0 spiro atoms. The smallest absolute Gasteiger partial charge is 0.357 e. The minimum Gasteiger partial charge on any atom is -0.357 e. The van der Waals surface area contributed by atoms with E-state index in [4.69, 9.17) is 0 Å². The summed E-state index contributed by atoms with van der Waals surface area (Å²) in [7, 11) is 0. The zero-order chi connectivity index (χ0) is 34.8. The summed E-state index contributed by atoms with van der Waals surface area (Å²) in [5, 5.41) is 15.5. The molecule has 1 aromatic carbocycles. The number of nitrogens with one attached hydrogen (secondary N) is 2. The largest absolute Gasteiger partial charge is 0.416 e. The van der Waals surface area contributed by atoms with Crippen LogP contribution in [0, 0.1) is 23.2 Å². The number of aldehydes is 1. The number of thiazole rings is 1. The molecule has 9 nitrogen and oxygen atoms in total. The summed E-state index contributed by atoms with van der Waals surface area (Å²) in [6.07, 6.45) is 6.61. The molecule has 2 aliphatic rings. The van der Waals surface area contributed by atoms with Crippen molar-refractivity contribution < 1.29 is 22.8 Å². The summed E-state index contributed by atoms with van der Waals surface area (Å²) >= 11 is 1.21. The SMILES string of the molecule is CCCN(CCC(C)C(C)CCC=O)C1=NC=C(C(=O)Nc2nc(-c3cc(C#N)cc(C(F)(F)F)c3)c(CN3CCCC3C)s2)NC=C1. The molecule has 0 bridgehead atoms. The number of nitriles is 1. The van der Waals surface area contributed by atoms with Gasteiger partial charge in [-0.25, -0.2) is 9.98 Å². The molecular weight excluding hydrogens is 639 g/mol. The van der Waals surface area contributed by atoms with Gasteiger partial charge in [-0.1, -0.05) is 32.1 Å². The molecule has 13 heteroatoms. The van der Waals surface area contributed by atoms with Crippen LogP contribution in [-0.4, -0.2) is 58.5 Å². The lowest BCUT2D eigenvalue weighted by Gasteiger charge is -2.27. The number of nitrogens with zero attached hydrogens (tertiary/aromatic N) is 5. The van der Waals surface area contributed by atoms with Crippen LogP contribution in [0.3, 0.4) is 0 Å². The number of hydrogen-bond donors (Lipinski definition) is 2. The standard InChI is InChI=1S/C35H44F3N7O2S/c1-5-13-44(15-11-24(3)23(2)8-7-16-46)31-10-12-40-29(21-41-31)33(47)43-34-42-32(30(48-34)22-45-14-6-9-25(45)4)27-17-26(20-39)18-28(19-27)35(36,37)38/h10,12,16-19,21,23-25,40H,5-9,11,13-15,22H2,1-4H3,(H,42,43,47). The summed E-state index contributed by atoms with van der Waals surface area (Å²) in [6.45, 7) is 11.5. The van der Waals surface area contributed by atoms with Crippen LogP contribution < -0.4 is 10.6 Å². The van der Waals surface area contributed by atoms with Crippen LogP contribution in [0.15, 0.2) is 47.4 Å². The van der Waals surface area contributed by atoms with E-state index in [1.54, 1.807) is 6.20 Å². The third-order valence-corrected chi connectivity index (χ3v) is 10.00. The molecule has 2 aliphatic heterocycles. The lowest BCUT2D eigenvalue weighted by atomic mass is 9.89. The third kappa shape index (κ3) is 9.76.